The standard InChI is InChI=1S/C14H18N2O2/c1-3-16-12-5-4-9(2)6-11(12)15-14(17)10-7-18-8-13(10)16/h4-6,10,13H,3,7-8H2,1-2H3,(H,15,17). The summed E-state index contributed by atoms with van der Waals surface area (Å²) in [5, 5.41) is 3.04. The van der Waals surface area contributed by atoms with E-state index < -0.39 is 0 Å². The number of nitrogens with zero attached hydrogens (tertiary/aromatic N) is 1. The van der Waals surface area contributed by atoms with Crippen LogP contribution in [0.3, 0.4) is 0 Å². The Morgan fingerprint density at radius 1 is 1.44 bits per heavy atom. The number of hydrogen-bond donors (Lipinski definition) is 1. The highest BCUT2D eigenvalue weighted by Crippen LogP contribution is 2.35. The first-order chi connectivity index (χ1) is 8.70. The first-order valence-corrected chi connectivity index (χ1v) is 6.46. The number of carbonyl (C=O) groups is 1. The molecule has 2 heterocycles. The molecule has 1 aromatic carbocycles. The fourth-order valence-corrected chi connectivity index (χ4v) is 2.91. The largest absolute Gasteiger partial charge is 0.378 e. The average molecular weight is 246 g/mol. The van der Waals surface area contributed by atoms with Crippen molar-refractivity contribution in [2.45, 2.75) is 19.9 Å². The summed E-state index contributed by atoms with van der Waals surface area (Å²) in [6.45, 7) is 6.21. The molecule has 4 heteroatoms. The van der Waals surface area contributed by atoms with Gasteiger partial charge in [-0.2, -0.15) is 0 Å². The summed E-state index contributed by atoms with van der Waals surface area (Å²) in [5.41, 5.74) is 3.19. The van der Waals surface area contributed by atoms with Gasteiger partial charge in [-0.25, -0.2) is 0 Å². The van der Waals surface area contributed by atoms with Gasteiger partial charge in [0.25, 0.3) is 0 Å². The molecule has 0 saturated carbocycles. The molecular weight excluding hydrogens is 228 g/mol. The van der Waals surface area contributed by atoms with Gasteiger partial charge in [-0.3, -0.25) is 4.79 Å². The highest BCUT2D eigenvalue weighted by Gasteiger charge is 2.40. The maximum Gasteiger partial charge on any atom is 0.232 e. The SMILES string of the molecule is CCN1c2ccc(C)cc2NC(=O)C2COCC21. The molecule has 2 aliphatic rings. The zero-order chi connectivity index (χ0) is 12.7. The number of benzene rings is 1. The zero-order valence-corrected chi connectivity index (χ0v) is 10.8. The van der Waals surface area contributed by atoms with Crippen molar-refractivity contribution >= 4 is 17.3 Å². The first-order valence-electron chi connectivity index (χ1n) is 6.46. The maximum absolute atomic E-state index is 12.2. The second kappa shape index (κ2) is 4.28. The lowest BCUT2D eigenvalue weighted by Crippen LogP contribution is -2.42. The lowest BCUT2D eigenvalue weighted by molar-refractivity contribution is -0.120. The minimum absolute atomic E-state index is 0.0577. The summed E-state index contributed by atoms with van der Waals surface area (Å²) < 4.78 is 5.49. The molecule has 1 fully saturated rings. The van der Waals surface area contributed by atoms with E-state index in [4.69, 9.17) is 4.74 Å². The number of aryl methyl sites for hydroxylation is 1. The maximum atomic E-state index is 12.2. The van der Waals surface area contributed by atoms with Crippen LogP contribution in [0.2, 0.25) is 0 Å². The van der Waals surface area contributed by atoms with E-state index in [0.717, 1.165) is 23.5 Å². The molecule has 0 aromatic heterocycles. The van der Waals surface area contributed by atoms with Gasteiger partial charge in [0.05, 0.1) is 36.5 Å². The fraction of sp³-hybridized carbons (Fsp3) is 0.500. The molecule has 1 saturated heterocycles. The number of likely N-dealkylation sites (N-methyl/N-ethyl adjacent to an activating group) is 1. The Bertz CT molecular complexity index is 487. The van der Waals surface area contributed by atoms with Gasteiger partial charge in [0, 0.05) is 6.54 Å². The predicted molar refractivity (Wildman–Crippen MR) is 70.9 cm³/mol. The lowest BCUT2D eigenvalue weighted by Gasteiger charge is -2.30. The minimum Gasteiger partial charge on any atom is -0.378 e. The normalized spacial score (nSPS) is 26.3. The molecule has 2 atom stereocenters. The summed E-state index contributed by atoms with van der Waals surface area (Å²) in [6, 6.07) is 6.38. The van der Waals surface area contributed by atoms with Crippen molar-refractivity contribution < 1.29 is 9.53 Å². The van der Waals surface area contributed by atoms with Gasteiger partial charge in [0.1, 0.15) is 0 Å². The monoisotopic (exact) mass is 246 g/mol. The molecule has 2 unspecified atom stereocenters. The quantitative estimate of drug-likeness (QED) is 0.821. The Balaban J connectivity index is 2.09. The van der Waals surface area contributed by atoms with Crippen molar-refractivity contribution in [2.24, 2.45) is 5.92 Å². The van der Waals surface area contributed by atoms with Crippen molar-refractivity contribution in [3.8, 4) is 0 Å². The second-order valence-electron chi connectivity index (χ2n) is 5.01. The van der Waals surface area contributed by atoms with E-state index in [9.17, 15) is 4.79 Å². The number of nitrogens with one attached hydrogen (secondary N) is 1. The number of carbonyl (C=O) groups excluding carboxylic acids is 1. The predicted octanol–water partition coefficient (Wildman–Crippen LogP) is 1.79. The third-order valence-corrected chi connectivity index (χ3v) is 3.85. The summed E-state index contributed by atoms with van der Waals surface area (Å²) >= 11 is 0. The van der Waals surface area contributed by atoms with Gasteiger partial charge in [0.2, 0.25) is 5.91 Å². The molecule has 1 amide bonds. The van der Waals surface area contributed by atoms with Gasteiger partial charge in [-0.05, 0) is 31.5 Å². The highest BCUT2D eigenvalue weighted by molar-refractivity contribution is 5.98. The van der Waals surface area contributed by atoms with Crippen molar-refractivity contribution in [3.05, 3.63) is 23.8 Å². The van der Waals surface area contributed by atoms with Gasteiger partial charge in [-0.15, -0.1) is 0 Å². The molecule has 4 nitrogen and oxygen atoms in total. The average Bonchev–Trinajstić information content (AvgIpc) is 2.78. The molecule has 96 valence electrons. The van der Waals surface area contributed by atoms with Crippen molar-refractivity contribution in [2.75, 3.05) is 30.0 Å². The lowest BCUT2D eigenvalue weighted by atomic mass is 10.0. The van der Waals surface area contributed by atoms with Crippen molar-refractivity contribution in [1.82, 2.24) is 0 Å². The van der Waals surface area contributed by atoms with Crippen molar-refractivity contribution in [3.63, 3.8) is 0 Å². The molecule has 0 spiro atoms. The Labute approximate surface area is 107 Å². The smallest absolute Gasteiger partial charge is 0.232 e. The number of hydrogen-bond acceptors (Lipinski definition) is 3. The highest BCUT2D eigenvalue weighted by atomic mass is 16.5. The summed E-state index contributed by atoms with van der Waals surface area (Å²) in [4.78, 5) is 14.5. The number of amides is 1. The van der Waals surface area contributed by atoms with Crippen molar-refractivity contribution in [1.29, 1.82) is 0 Å². The van der Waals surface area contributed by atoms with Crippen LogP contribution < -0.4 is 10.2 Å². The Morgan fingerprint density at radius 3 is 3.06 bits per heavy atom. The van der Waals surface area contributed by atoms with Crippen LogP contribution in [0.25, 0.3) is 0 Å². The number of ether oxygens (including phenoxy) is 1. The Hall–Kier alpha value is -1.55. The number of rotatable bonds is 1. The Kier molecular flexibility index (Phi) is 2.74. The topological polar surface area (TPSA) is 41.6 Å². The van der Waals surface area contributed by atoms with E-state index in [0.29, 0.717) is 13.2 Å². The molecule has 2 aliphatic heterocycles. The van der Waals surface area contributed by atoms with Crippen LogP contribution in [0, 0.1) is 12.8 Å². The van der Waals surface area contributed by atoms with Crippen LogP contribution in [0.5, 0.6) is 0 Å². The molecule has 0 aliphatic carbocycles. The van der Waals surface area contributed by atoms with Gasteiger partial charge in [0.15, 0.2) is 0 Å². The molecule has 1 N–H and O–H groups in total. The number of fused-ring (bicyclic) bond motifs is 2. The summed E-state index contributed by atoms with van der Waals surface area (Å²) in [5.74, 6) is 0.0259. The van der Waals surface area contributed by atoms with Crippen LogP contribution in [0.15, 0.2) is 18.2 Å². The molecule has 0 radical (unpaired) electrons. The molecule has 3 rings (SSSR count). The van der Waals surface area contributed by atoms with E-state index in [1.54, 1.807) is 0 Å². The van der Waals surface area contributed by atoms with Crippen LogP contribution in [0.4, 0.5) is 11.4 Å². The molecular formula is C14H18N2O2. The fourth-order valence-electron chi connectivity index (χ4n) is 2.91. The minimum atomic E-state index is -0.0577. The second-order valence-corrected chi connectivity index (χ2v) is 5.01. The van der Waals surface area contributed by atoms with E-state index in [1.165, 1.54) is 0 Å². The Morgan fingerprint density at radius 2 is 2.28 bits per heavy atom. The van der Waals surface area contributed by atoms with Crippen LogP contribution in [-0.2, 0) is 9.53 Å². The van der Waals surface area contributed by atoms with Crippen LogP contribution in [0.1, 0.15) is 12.5 Å². The van der Waals surface area contributed by atoms with E-state index in [-0.39, 0.29) is 17.9 Å². The van der Waals surface area contributed by atoms with E-state index in [2.05, 4.69) is 29.3 Å². The van der Waals surface area contributed by atoms with E-state index >= 15 is 0 Å². The summed E-state index contributed by atoms with van der Waals surface area (Å²) in [6.07, 6.45) is 0. The molecule has 0 bridgehead atoms. The zero-order valence-electron chi connectivity index (χ0n) is 10.8. The third kappa shape index (κ3) is 1.68. The first kappa shape index (κ1) is 11.5. The number of anilines is 2. The van der Waals surface area contributed by atoms with E-state index in [1.807, 2.05) is 13.0 Å². The van der Waals surface area contributed by atoms with Crippen LogP contribution >= 0.6 is 0 Å². The van der Waals surface area contributed by atoms with Gasteiger partial charge >= 0.3 is 0 Å². The van der Waals surface area contributed by atoms with Crippen LogP contribution in [-0.4, -0.2) is 31.7 Å². The van der Waals surface area contributed by atoms with Gasteiger partial charge in [-0.1, -0.05) is 6.07 Å². The molecule has 18 heavy (non-hydrogen) atoms. The molecule has 1 aromatic rings. The summed E-state index contributed by atoms with van der Waals surface area (Å²) in [7, 11) is 0. The third-order valence-electron chi connectivity index (χ3n) is 3.85. The van der Waals surface area contributed by atoms with Gasteiger partial charge < -0.3 is 15.0 Å².